The topological polar surface area (TPSA) is 113 Å². The highest BCUT2D eigenvalue weighted by atomic mass is 32.2. The molecule has 0 atom stereocenters. The van der Waals surface area contributed by atoms with Gasteiger partial charge >= 0.3 is 16.2 Å². The second-order valence-electron chi connectivity index (χ2n) is 3.48. The lowest BCUT2D eigenvalue weighted by atomic mass is 10.2. The lowest BCUT2D eigenvalue weighted by Gasteiger charge is -2.24. The fourth-order valence-electron chi connectivity index (χ4n) is 1.39. The molecule has 0 radical (unpaired) electrons. The van der Waals surface area contributed by atoms with Crippen molar-refractivity contribution < 1.29 is 18.3 Å². The molecule has 0 fully saturated rings. The summed E-state index contributed by atoms with van der Waals surface area (Å²) >= 11 is 0. The summed E-state index contributed by atoms with van der Waals surface area (Å²) in [6, 6.07) is 6.37. The van der Waals surface area contributed by atoms with Crippen LogP contribution >= 0.6 is 0 Å². The van der Waals surface area contributed by atoms with Crippen molar-refractivity contribution in [1.82, 2.24) is 4.72 Å². The van der Waals surface area contributed by atoms with Crippen molar-refractivity contribution in [2.45, 2.75) is 6.42 Å². The number of carboxylic acids is 1. The number of carbonyl (C=O) groups is 1. The molecular formula is C10H15N3O4S. The second-order valence-corrected chi connectivity index (χ2v) is 5.28. The van der Waals surface area contributed by atoms with Gasteiger partial charge < -0.3 is 10.8 Å². The highest BCUT2D eigenvalue weighted by Crippen LogP contribution is 2.24. The number of hydrogen-bond donors (Lipinski definition) is 3. The van der Waals surface area contributed by atoms with Gasteiger partial charge in [0.15, 0.2) is 0 Å². The summed E-state index contributed by atoms with van der Waals surface area (Å²) < 4.78 is 26.7. The average Bonchev–Trinajstić information content (AvgIpc) is 2.31. The maximum absolute atomic E-state index is 11.8. The molecule has 18 heavy (non-hydrogen) atoms. The van der Waals surface area contributed by atoms with Crippen molar-refractivity contribution in [3.63, 3.8) is 0 Å². The minimum Gasteiger partial charge on any atom is -0.481 e. The molecule has 0 aliphatic carbocycles. The first kappa shape index (κ1) is 14.3. The number of para-hydroxylation sites is 2. The van der Waals surface area contributed by atoms with Gasteiger partial charge in [-0.1, -0.05) is 12.1 Å². The summed E-state index contributed by atoms with van der Waals surface area (Å²) in [5.74, 6) is -1.08. The van der Waals surface area contributed by atoms with Crippen LogP contribution in [0.4, 0.5) is 11.4 Å². The second kappa shape index (κ2) is 5.69. The average molecular weight is 273 g/mol. The number of aliphatic carboxylic acids is 1. The normalized spacial score (nSPS) is 11.2. The summed E-state index contributed by atoms with van der Waals surface area (Å²) in [4.78, 5) is 10.6. The van der Waals surface area contributed by atoms with Crippen LogP contribution in [-0.4, -0.2) is 33.1 Å². The monoisotopic (exact) mass is 273 g/mol. The van der Waals surface area contributed by atoms with Crippen molar-refractivity contribution in [3.05, 3.63) is 24.3 Å². The number of nitrogens with one attached hydrogen (secondary N) is 1. The van der Waals surface area contributed by atoms with E-state index in [1.807, 2.05) is 0 Å². The minimum atomic E-state index is -3.79. The lowest BCUT2D eigenvalue weighted by molar-refractivity contribution is -0.136. The van der Waals surface area contributed by atoms with Crippen LogP contribution in [0, 0.1) is 0 Å². The SMILES string of the molecule is CNS(=O)(=O)N(CCC(=O)O)c1ccccc1N. The van der Waals surface area contributed by atoms with Crippen LogP contribution in [0.1, 0.15) is 6.42 Å². The Balaban J connectivity index is 3.13. The molecule has 1 rings (SSSR count). The number of nitrogens with zero attached hydrogens (tertiary/aromatic N) is 1. The molecule has 8 heteroatoms. The van der Waals surface area contributed by atoms with Crippen LogP contribution in [0.3, 0.4) is 0 Å². The summed E-state index contributed by atoms with van der Waals surface area (Å²) in [5, 5.41) is 8.64. The van der Waals surface area contributed by atoms with Gasteiger partial charge in [0, 0.05) is 13.6 Å². The number of benzene rings is 1. The van der Waals surface area contributed by atoms with Gasteiger partial charge in [-0.25, -0.2) is 4.72 Å². The third-order valence-electron chi connectivity index (χ3n) is 2.28. The maximum atomic E-state index is 11.8. The number of nitrogen functional groups attached to an aromatic ring is 1. The van der Waals surface area contributed by atoms with E-state index in [1.54, 1.807) is 18.2 Å². The van der Waals surface area contributed by atoms with Gasteiger partial charge in [-0.2, -0.15) is 8.42 Å². The molecule has 4 N–H and O–H groups in total. The van der Waals surface area contributed by atoms with E-state index >= 15 is 0 Å². The first-order valence-corrected chi connectivity index (χ1v) is 6.60. The molecule has 0 aromatic heterocycles. The third-order valence-corrected chi connectivity index (χ3v) is 3.76. The number of nitrogens with two attached hydrogens (primary N) is 1. The Morgan fingerprint density at radius 1 is 1.44 bits per heavy atom. The third kappa shape index (κ3) is 3.34. The zero-order valence-corrected chi connectivity index (χ0v) is 10.6. The highest BCUT2D eigenvalue weighted by Gasteiger charge is 2.22. The van der Waals surface area contributed by atoms with Crippen LogP contribution in [0.5, 0.6) is 0 Å². The molecule has 7 nitrogen and oxygen atoms in total. The van der Waals surface area contributed by atoms with Crippen LogP contribution < -0.4 is 14.8 Å². The van der Waals surface area contributed by atoms with E-state index in [4.69, 9.17) is 10.8 Å². The summed E-state index contributed by atoms with van der Waals surface area (Å²) in [7, 11) is -2.54. The Labute approximate surface area is 105 Å². The molecular weight excluding hydrogens is 258 g/mol. The molecule has 0 spiro atoms. The fourth-order valence-corrected chi connectivity index (χ4v) is 2.37. The maximum Gasteiger partial charge on any atom is 0.305 e. The number of rotatable bonds is 6. The molecule has 0 heterocycles. The molecule has 0 aliphatic rings. The van der Waals surface area contributed by atoms with Crippen LogP contribution in [-0.2, 0) is 15.0 Å². The van der Waals surface area contributed by atoms with Crippen LogP contribution in [0.25, 0.3) is 0 Å². The Morgan fingerprint density at radius 3 is 2.56 bits per heavy atom. The molecule has 0 saturated heterocycles. The van der Waals surface area contributed by atoms with E-state index in [-0.39, 0.29) is 24.3 Å². The van der Waals surface area contributed by atoms with Gasteiger partial charge in [0.2, 0.25) is 0 Å². The quantitative estimate of drug-likeness (QED) is 0.632. The molecule has 0 amide bonds. The Kier molecular flexibility index (Phi) is 4.51. The standard InChI is InChI=1S/C10H15N3O4S/c1-12-18(16,17)13(7-6-10(14)15)9-5-3-2-4-8(9)11/h2-5,12H,6-7,11H2,1H3,(H,14,15). The van der Waals surface area contributed by atoms with E-state index < -0.39 is 16.2 Å². The van der Waals surface area contributed by atoms with E-state index in [1.165, 1.54) is 13.1 Å². The first-order valence-electron chi connectivity index (χ1n) is 5.16. The van der Waals surface area contributed by atoms with Gasteiger partial charge in [0.25, 0.3) is 0 Å². The van der Waals surface area contributed by atoms with E-state index in [0.717, 1.165) is 4.31 Å². The van der Waals surface area contributed by atoms with E-state index in [9.17, 15) is 13.2 Å². The summed E-state index contributed by atoms with van der Waals surface area (Å²) in [6.07, 6.45) is -0.310. The predicted octanol–water partition coefficient (Wildman–Crippen LogP) is 0.0141. The smallest absolute Gasteiger partial charge is 0.305 e. The lowest BCUT2D eigenvalue weighted by Crippen LogP contribution is -2.40. The van der Waals surface area contributed by atoms with Crippen molar-refractivity contribution in [2.24, 2.45) is 0 Å². The summed E-state index contributed by atoms with van der Waals surface area (Å²) in [5.41, 5.74) is 6.22. The first-order chi connectivity index (χ1) is 8.38. The van der Waals surface area contributed by atoms with Gasteiger partial charge in [-0.3, -0.25) is 9.10 Å². The fraction of sp³-hybridized carbons (Fsp3) is 0.300. The Hall–Kier alpha value is -1.80. The molecule has 1 aromatic rings. The molecule has 100 valence electrons. The van der Waals surface area contributed by atoms with Crippen molar-refractivity contribution in [3.8, 4) is 0 Å². The zero-order valence-electron chi connectivity index (χ0n) is 9.83. The van der Waals surface area contributed by atoms with Gasteiger partial charge in [-0.05, 0) is 12.1 Å². The van der Waals surface area contributed by atoms with E-state index in [0.29, 0.717) is 0 Å². The van der Waals surface area contributed by atoms with Crippen molar-refractivity contribution in [2.75, 3.05) is 23.6 Å². The molecule has 0 saturated carbocycles. The van der Waals surface area contributed by atoms with Crippen LogP contribution in [0.15, 0.2) is 24.3 Å². The zero-order chi connectivity index (χ0) is 13.8. The summed E-state index contributed by atoms with van der Waals surface area (Å²) in [6.45, 7) is -0.188. The Morgan fingerprint density at radius 2 is 2.06 bits per heavy atom. The number of hydrogen-bond acceptors (Lipinski definition) is 4. The van der Waals surface area contributed by atoms with Gasteiger partial charge in [-0.15, -0.1) is 0 Å². The minimum absolute atomic E-state index is 0.188. The largest absolute Gasteiger partial charge is 0.481 e. The van der Waals surface area contributed by atoms with E-state index in [2.05, 4.69) is 4.72 Å². The van der Waals surface area contributed by atoms with Gasteiger partial charge in [0.05, 0.1) is 17.8 Å². The van der Waals surface area contributed by atoms with Crippen molar-refractivity contribution in [1.29, 1.82) is 0 Å². The number of carboxylic acid groups (broad SMARTS) is 1. The predicted molar refractivity (Wildman–Crippen MR) is 68.4 cm³/mol. The molecule has 1 aromatic carbocycles. The highest BCUT2D eigenvalue weighted by molar-refractivity contribution is 7.90. The van der Waals surface area contributed by atoms with Crippen molar-refractivity contribution >= 4 is 27.6 Å². The number of anilines is 2. The molecule has 0 bridgehead atoms. The van der Waals surface area contributed by atoms with Gasteiger partial charge in [0.1, 0.15) is 0 Å². The molecule has 0 aliphatic heterocycles. The Bertz CT molecular complexity index is 530. The molecule has 0 unspecified atom stereocenters. The van der Waals surface area contributed by atoms with Crippen LogP contribution in [0.2, 0.25) is 0 Å².